The van der Waals surface area contributed by atoms with Gasteiger partial charge in [-0.2, -0.15) is 0 Å². The molecule has 4 rings (SSSR count). The van der Waals surface area contributed by atoms with Crippen molar-refractivity contribution in [2.75, 3.05) is 40.3 Å². The van der Waals surface area contributed by atoms with E-state index in [1.165, 1.54) is 0 Å². The fraction of sp³-hybridized carbons (Fsp3) is 0.250. The SMILES string of the molecule is COc1cc(-c2cnc3c(c2)C(c2ccc(N(C)C)nc2)=CC3)cc(OC)c1OC. The molecule has 2 heterocycles. The van der Waals surface area contributed by atoms with Crippen molar-refractivity contribution in [1.29, 1.82) is 0 Å². The number of nitrogens with zero attached hydrogens (tertiary/aromatic N) is 3. The summed E-state index contributed by atoms with van der Waals surface area (Å²) in [6, 6.07) is 10.2. The number of benzene rings is 1. The van der Waals surface area contributed by atoms with Gasteiger partial charge in [-0.15, -0.1) is 0 Å². The first-order valence-electron chi connectivity index (χ1n) is 9.69. The first kappa shape index (κ1) is 19.8. The largest absolute Gasteiger partial charge is 0.493 e. The van der Waals surface area contributed by atoms with Gasteiger partial charge in [0.1, 0.15) is 5.82 Å². The molecule has 0 unspecified atom stereocenters. The Morgan fingerprint density at radius 3 is 2.07 bits per heavy atom. The number of ether oxygens (including phenoxy) is 3. The van der Waals surface area contributed by atoms with Gasteiger partial charge >= 0.3 is 0 Å². The van der Waals surface area contributed by atoms with Gasteiger partial charge in [-0.3, -0.25) is 4.98 Å². The fourth-order valence-corrected chi connectivity index (χ4v) is 3.69. The standard InChI is InChI=1S/C24H25N3O3/c1-27(2)23-9-6-15(13-26-23)18-7-8-20-19(18)10-17(14-25-20)16-11-21(28-3)24(30-5)22(12-16)29-4/h6-7,9-14H,8H2,1-5H3. The summed E-state index contributed by atoms with van der Waals surface area (Å²) in [5, 5.41) is 0. The van der Waals surface area contributed by atoms with E-state index in [0.29, 0.717) is 17.2 Å². The van der Waals surface area contributed by atoms with Crippen molar-refractivity contribution in [1.82, 2.24) is 9.97 Å². The third-order valence-electron chi connectivity index (χ3n) is 5.28. The molecule has 0 saturated carbocycles. The van der Waals surface area contributed by atoms with Gasteiger partial charge in [0.2, 0.25) is 5.75 Å². The second kappa shape index (κ2) is 8.06. The molecule has 2 aromatic heterocycles. The molecule has 1 aliphatic carbocycles. The van der Waals surface area contributed by atoms with E-state index in [9.17, 15) is 0 Å². The van der Waals surface area contributed by atoms with Crippen LogP contribution in [0.5, 0.6) is 17.2 Å². The Bertz CT molecular complexity index is 1080. The molecule has 154 valence electrons. The molecule has 0 amide bonds. The number of anilines is 1. The Hall–Kier alpha value is -3.54. The van der Waals surface area contributed by atoms with Gasteiger partial charge in [-0.25, -0.2) is 4.98 Å². The van der Waals surface area contributed by atoms with E-state index in [1.54, 1.807) is 21.3 Å². The molecular weight excluding hydrogens is 378 g/mol. The Kier molecular flexibility index (Phi) is 5.31. The molecule has 0 fully saturated rings. The van der Waals surface area contributed by atoms with E-state index in [-0.39, 0.29) is 0 Å². The number of aromatic nitrogens is 2. The first-order valence-corrected chi connectivity index (χ1v) is 9.69. The van der Waals surface area contributed by atoms with Crippen LogP contribution in [0.15, 0.2) is 48.8 Å². The van der Waals surface area contributed by atoms with Crippen molar-refractivity contribution in [3.05, 3.63) is 65.6 Å². The van der Waals surface area contributed by atoms with Crippen LogP contribution in [0.3, 0.4) is 0 Å². The van der Waals surface area contributed by atoms with Gasteiger partial charge in [-0.1, -0.05) is 6.08 Å². The Morgan fingerprint density at radius 2 is 1.50 bits per heavy atom. The van der Waals surface area contributed by atoms with E-state index in [0.717, 1.165) is 45.8 Å². The minimum atomic E-state index is 0.575. The van der Waals surface area contributed by atoms with Crippen LogP contribution in [0.4, 0.5) is 5.82 Å². The van der Waals surface area contributed by atoms with E-state index in [2.05, 4.69) is 23.2 Å². The Balaban J connectivity index is 1.75. The lowest BCUT2D eigenvalue weighted by atomic mass is 9.98. The van der Waals surface area contributed by atoms with Gasteiger partial charge in [0, 0.05) is 49.6 Å². The minimum absolute atomic E-state index is 0.575. The van der Waals surface area contributed by atoms with E-state index in [4.69, 9.17) is 19.2 Å². The average molecular weight is 403 g/mol. The third kappa shape index (κ3) is 3.45. The molecule has 0 radical (unpaired) electrons. The van der Waals surface area contributed by atoms with Crippen molar-refractivity contribution in [3.63, 3.8) is 0 Å². The third-order valence-corrected chi connectivity index (χ3v) is 5.28. The van der Waals surface area contributed by atoms with Crippen LogP contribution in [0, 0.1) is 0 Å². The average Bonchev–Trinajstić information content (AvgIpc) is 3.21. The molecule has 0 spiro atoms. The lowest BCUT2D eigenvalue weighted by Crippen LogP contribution is -2.10. The number of hydrogen-bond donors (Lipinski definition) is 0. The number of rotatable bonds is 6. The van der Waals surface area contributed by atoms with Crippen LogP contribution in [0.2, 0.25) is 0 Å². The van der Waals surface area contributed by atoms with Crippen LogP contribution < -0.4 is 19.1 Å². The van der Waals surface area contributed by atoms with Crippen LogP contribution in [0.1, 0.15) is 16.8 Å². The van der Waals surface area contributed by atoms with Gasteiger partial charge in [0.25, 0.3) is 0 Å². The maximum absolute atomic E-state index is 5.51. The summed E-state index contributed by atoms with van der Waals surface area (Å²) in [6.07, 6.45) is 6.84. The zero-order chi connectivity index (χ0) is 21.3. The summed E-state index contributed by atoms with van der Waals surface area (Å²) >= 11 is 0. The number of methoxy groups -OCH3 is 3. The van der Waals surface area contributed by atoms with Crippen molar-refractivity contribution < 1.29 is 14.2 Å². The molecule has 0 aliphatic heterocycles. The van der Waals surface area contributed by atoms with Gasteiger partial charge < -0.3 is 19.1 Å². The predicted octanol–water partition coefficient (Wildman–Crippen LogP) is 4.22. The number of fused-ring (bicyclic) bond motifs is 1. The second-order valence-corrected chi connectivity index (χ2v) is 7.25. The molecule has 3 aromatic rings. The maximum Gasteiger partial charge on any atom is 0.203 e. The zero-order valence-electron chi connectivity index (χ0n) is 17.9. The van der Waals surface area contributed by atoms with Crippen LogP contribution in [-0.2, 0) is 6.42 Å². The first-order chi connectivity index (χ1) is 14.5. The highest BCUT2D eigenvalue weighted by Gasteiger charge is 2.20. The van der Waals surface area contributed by atoms with Gasteiger partial charge in [-0.05, 0) is 41.5 Å². The van der Waals surface area contributed by atoms with Gasteiger partial charge in [0.15, 0.2) is 11.5 Å². The summed E-state index contributed by atoms with van der Waals surface area (Å²) in [7, 11) is 8.81. The van der Waals surface area contributed by atoms with E-state index >= 15 is 0 Å². The summed E-state index contributed by atoms with van der Waals surface area (Å²) < 4.78 is 16.5. The smallest absolute Gasteiger partial charge is 0.203 e. The molecule has 0 atom stereocenters. The van der Waals surface area contributed by atoms with Crippen molar-refractivity contribution >= 4 is 11.4 Å². The lowest BCUT2D eigenvalue weighted by Gasteiger charge is -2.15. The van der Waals surface area contributed by atoms with Crippen molar-refractivity contribution in [3.8, 4) is 28.4 Å². The van der Waals surface area contributed by atoms with Crippen LogP contribution in [-0.4, -0.2) is 45.4 Å². The van der Waals surface area contributed by atoms with Crippen LogP contribution >= 0.6 is 0 Å². The molecule has 1 aliphatic rings. The quantitative estimate of drug-likeness (QED) is 0.614. The molecule has 30 heavy (non-hydrogen) atoms. The number of pyridine rings is 2. The minimum Gasteiger partial charge on any atom is -0.493 e. The summed E-state index contributed by atoms with van der Waals surface area (Å²) in [5.41, 5.74) is 6.37. The molecular formula is C24H25N3O3. The molecule has 0 bridgehead atoms. The van der Waals surface area contributed by atoms with Crippen molar-refractivity contribution in [2.45, 2.75) is 6.42 Å². The highest BCUT2D eigenvalue weighted by atomic mass is 16.5. The van der Waals surface area contributed by atoms with E-state index in [1.807, 2.05) is 49.6 Å². The summed E-state index contributed by atoms with van der Waals surface area (Å²) in [4.78, 5) is 11.3. The molecule has 0 N–H and O–H groups in total. The van der Waals surface area contributed by atoms with Gasteiger partial charge in [0.05, 0.1) is 27.0 Å². The Labute approximate surface area is 176 Å². The number of allylic oxidation sites excluding steroid dienone is 1. The number of hydrogen-bond acceptors (Lipinski definition) is 6. The van der Waals surface area contributed by atoms with Crippen molar-refractivity contribution in [2.24, 2.45) is 0 Å². The maximum atomic E-state index is 5.51. The zero-order valence-corrected chi connectivity index (χ0v) is 17.9. The lowest BCUT2D eigenvalue weighted by molar-refractivity contribution is 0.324. The highest BCUT2D eigenvalue weighted by molar-refractivity contribution is 5.86. The topological polar surface area (TPSA) is 56.7 Å². The second-order valence-electron chi connectivity index (χ2n) is 7.25. The predicted molar refractivity (Wildman–Crippen MR) is 119 cm³/mol. The normalized spacial score (nSPS) is 12.2. The monoisotopic (exact) mass is 403 g/mol. The molecule has 6 nitrogen and oxygen atoms in total. The molecule has 6 heteroatoms. The summed E-state index contributed by atoms with van der Waals surface area (Å²) in [6.45, 7) is 0. The molecule has 0 saturated heterocycles. The summed E-state index contributed by atoms with van der Waals surface area (Å²) in [5.74, 6) is 2.74. The fourth-order valence-electron chi connectivity index (χ4n) is 3.69. The molecule has 1 aromatic carbocycles. The van der Waals surface area contributed by atoms with Crippen LogP contribution in [0.25, 0.3) is 16.7 Å². The highest BCUT2D eigenvalue weighted by Crippen LogP contribution is 2.42. The Morgan fingerprint density at radius 1 is 0.800 bits per heavy atom. The van der Waals surface area contributed by atoms with E-state index < -0.39 is 0 Å².